The van der Waals surface area contributed by atoms with Crippen molar-refractivity contribution in [2.24, 2.45) is 11.7 Å². The van der Waals surface area contributed by atoms with Crippen LogP contribution in [0.3, 0.4) is 0 Å². The molecule has 0 aromatic heterocycles. The predicted molar refractivity (Wildman–Crippen MR) is 73.1 cm³/mol. The monoisotopic (exact) mass is 239 g/mol. The first-order valence-electron chi connectivity index (χ1n) is 7.56. The third kappa shape index (κ3) is 4.23. The average Bonchev–Trinajstić information content (AvgIpc) is 2.64. The van der Waals surface area contributed by atoms with Crippen molar-refractivity contribution in [3.8, 4) is 0 Å². The lowest BCUT2D eigenvalue weighted by molar-refractivity contribution is 0.273. The van der Waals surface area contributed by atoms with Crippen molar-refractivity contribution in [1.29, 1.82) is 0 Å². The zero-order chi connectivity index (χ0) is 11.9. The van der Waals surface area contributed by atoms with Crippen molar-refractivity contribution in [2.75, 3.05) is 32.7 Å². The van der Waals surface area contributed by atoms with Crippen LogP contribution in [0.1, 0.15) is 44.9 Å². The van der Waals surface area contributed by atoms with E-state index in [4.69, 9.17) is 5.73 Å². The van der Waals surface area contributed by atoms with E-state index in [-0.39, 0.29) is 0 Å². The van der Waals surface area contributed by atoms with Crippen LogP contribution in [-0.4, -0.2) is 43.7 Å². The summed E-state index contributed by atoms with van der Waals surface area (Å²) >= 11 is 0. The molecule has 0 amide bonds. The van der Waals surface area contributed by atoms with Gasteiger partial charge in [0.2, 0.25) is 0 Å². The van der Waals surface area contributed by atoms with Crippen molar-refractivity contribution >= 4 is 0 Å². The number of hydrogen-bond acceptors (Lipinski definition) is 3. The molecule has 17 heavy (non-hydrogen) atoms. The number of nitrogens with zero attached hydrogens (tertiary/aromatic N) is 1. The summed E-state index contributed by atoms with van der Waals surface area (Å²) in [5.74, 6) is 0.735. The number of rotatable bonds is 5. The van der Waals surface area contributed by atoms with Gasteiger partial charge >= 0.3 is 0 Å². The maximum Gasteiger partial charge on any atom is 0.0108 e. The van der Waals surface area contributed by atoms with Gasteiger partial charge in [0.1, 0.15) is 0 Å². The second kappa shape index (κ2) is 7.34. The minimum Gasteiger partial charge on any atom is -0.330 e. The minimum absolute atomic E-state index is 0.701. The topological polar surface area (TPSA) is 41.3 Å². The average molecular weight is 239 g/mol. The van der Waals surface area contributed by atoms with E-state index in [1.165, 1.54) is 64.6 Å². The van der Waals surface area contributed by atoms with E-state index in [9.17, 15) is 0 Å². The van der Waals surface area contributed by atoms with Gasteiger partial charge in [0.05, 0.1) is 0 Å². The number of nitrogens with two attached hydrogens (primary N) is 1. The van der Waals surface area contributed by atoms with Gasteiger partial charge in [0.15, 0.2) is 0 Å². The summed E-state index contributed by atoms with van der Waals surface area (Å²) in [6.07, 6.45) is 9.69. The highest BCUT2D eigenvalue weighted by Gasteiger charge is 2.25. The van der Waals surface area contributed by atoms with Crippen LogP contribution in [0.15, 0.2) is 0 Å². The fraction of sp³-hybridized carbons (Fsp3) is 1.00. The summed E-state index contributed by atoms with van der Waals surface area (Å²) in [4.78, 5) is 2.63. The molecule has 2 atom stereocenters. The molecule has 3 nitrogen and oxygen atoms in total. The van der Waals surface area contributed by atoms with Crippen LogP contribution in [0.5, 0.6) is 0 Å². The van der Waals surface area contributed by atoms with E-state index in [0.29, 0.717) is 6.04 Å². The Morgan fingerprint density at radius 2 is 1.76 bits per heavy atom. The predicted octanol–water partition coefficient (Wildman–Crippen LogP) is 1.58. The molecule has 2 aliphatic rings. The summed E-state index contributed by atoms with van der Waals surface area (Å²) in [6, 6.07) is 0.701. The second-order valence-corrected chi connectivity index (χ2v) is 5.74. The van der Waals surface area contributed by atoms with Gasteiger partial charge in [-0.2, -0.15) is 0 Å². The van der Waals surface area contributed by atoms with Crippen LogP contribution in [0, 0.1) is 5.92 Å². The maximum atomic E-state index is 5.81. The molecule has 3 heteroatoms. The van der Waals surface area contributed by atoms with Crippen LogP contribution in [0.25, 0.3) is 0 Å². The molecule has 0 aromatic rings. The maximum absolute atomic E-state index is 5.81. The van der Waals surface area contributed by atoms with Crippen LogP contribution >= 0.6 is 0 Å². The summed E-state index contributed by atoms with van der Waals surface area (Å²) in [7, 11) is 0. The Balaban J connectivity index is 1.61. The van der Waals surface area contributed by atoms with Crippen molar-refractivity contribution in [1.82, 2.24) is 10.2 Å². The largest absolute Gasteiger partial charge is 0.330 e. The van der Waals surface area contributed by atoms with Gasteiger partial charge in [-0.1, -0.05) is 19.3 Å². The fourth-order valence-corrected chi connectivity index (χ4v) is 3.36. The summed E-state index contributed by atoms with van der Waals surface area (Å²) in [5, 5.41) is 3.73. The van der Waals surface area contributed by atoms with E-state index < -0.39 is 0 Å². The molecule has 0 bridgehead atoms. The normalized spacial score (nSPS) is 31.6. The Morgan fingerprint density at radius 3 is 2.47 bits per heavy atom. The van der Waals surface area contributed by atoms with Crippen LogP contribution < -0.4 is 11.1 Å². The Kier molecular flexibility index (Phi) is 5.75. The van der Waals surface area contributed by atoms with Crippen LogP contribution in [0.4, 0.5) is 0 Å². The molecular formula is C14H29N3. The quantitative estimate of drug-likeness (QED) is 0.765. The summed E-state index contributed by atoms with van der Waals surface area (Å²) in [5.41, 5.74) is 5.81. The van der Waals surface area contributed by atoms with Crippen molar-refractivity contribution in [3.05, 3.63) is 0 Å². The van der Waals surface area contributed by atoms with E-state index in [1.807, 2.05) is 0 Å². The molecule has 3 N–H and O–H groups in total. The molecule has 1 aliphatic heterocycles. The van der Waals surface area contributed by atoms with Gasteiger partial charge in [-0.3, -0.25) is 0 Å². The smallest absolute Gasteiger partial charge is 0.0108 e. The lowest BCUT2D eigenvalue weighted by Gasteiger charge is -2.23. The van der Waals surface area contributed by atoms with E-state index in [2.05, 4.69) is 10.2 Å². The molecule has 100 valence electrons. The van der Waals surface area contributed by atoms with Gasteiger partial charge < -0.3 is 16.0 Å². The van der Waals surface area contributed by atoms with Gasteiger partial charge in [0, 0.05) is 19.1 Å². The molecule has 0 aromatic carbocycles. The Labute approximate surface area is 106 Å². The molecule has 0 spiro atoms. The molecular weight excluding hydrogens is 210 g/mol. The standard InChI is InChI=1S/C14H29N3/c15-12-13-6-5-7-14(13)16-8-11-17-9-3-1-2-4-10-17/h13-14,16H,1-12,15H2. The number of hydrogen-bond donors (Lipinski definition) is 2. The lowest BCUT2D eigenvalue weighted by Crippen LogP contribution is -2.40. The zero-order valence-electron chi connectivity index (χ0n) is 11.2. The molecule has 2 rings (SSSR count). The first kappa shape index (κ1) is 13.3. The van der Waals surface area contributed by atoms with Gasteiger partial charge in [-0.15, -0.1) is 0 Å². The van der Waals surface area contributed by atoms with Crippen molar-refractivity contribution in [2.45, 2.75) is 51.0 Å². The van der Waals surface area contributed by atoms with Gasteiger partial charge in [0.25, 0.3) is 0 Å². The summed E-state index contributed by atoms with van der Waals surface area (Å²) < 4.78 is 0. The SMILES string of the molecule is NCC1CCCC1NCCN1CCCCCC1. The highest BCUT2D eigenvalue weighted by Crippen LogP contribution is 2.24. The highest BCUT2D eigenvalue weighted by molar-refractivity contribution is 4.83. The Morgan fingerprint density at radius 1 is 1.00 bits per heavy atom. The first-order chi connectivity index (χ1) is 8.40. The van der Waals surface area contributed by atoms with Crippen molar-refractivity contribution < 1.29 is 0 Å². The lowest BCUT2D eigenvalue weighted by atomic mass is 10.0. The number of nitrogens with one attached hydrogen (secondary N) is 1. The van der Waals surface area contributed by atoms with E-state index in [1.54, 1.807) is 0 Å². The molecule has 1 saturated heterocycles. The molecule has 1 heterocycles. The van der Waals surface area contributed by atoms with Gasteiger partial charge in [-0.25, -0.2) is 0 Å². The molecule has 2 unspecified atom stereocenters. The molecule has 1 saturated carbocycles. The highest BCUT2D eigenvalue weighted by atomic mass is 15.1. The van der Waals surface area contributed by atoms with E-state index in [0.717, 1.165) is 19.0 Å². The fourth-order valence-electron chi connectivity index (χ4n) is 3.36. The number of likely N-dealkylation sites (tertiary alicyclic amines) is 1. The van der Waals surface area contributed by atoms with Gasteiger partial charge in [-0.05, 0) is 51.2 Å². The zero-order valence-corrected chi connectivity index (χ0v) is 11.2. The van der Waals surface area contributed by atoms with Crippen LogP contribution in [0.2, 0.25) is 0 Å². The first-order valence-corrected chi connectivity index (χ1v) is 7.56. The Hall–Kier alpha value is -0.120. The van der Waals surface area contributed by atoms with Crippen LogP contribution in [-0.2, 0) is 0 Å². The van der Waals surface area contributed by atoms with Crippen molar-refractivity contribution in [3.63, 3.8) is 0 Å². The Bertz CT molecular complexity index is 200. The summed E-state index contributed by atoms with van der Waals surface area (Å²) in [6.45, 7) is 5.87. The van der Waals surface area contributed by atoms with E-state index >= 15 is 0 Å². The third-order valence-corrected chi connectivity index (χ3v) is 4.50. The molecule has 0 radical (unpaired) electrons. The minimum atomic E-state index is 0.701. The molecule has 2 fully saturated rings. The third-order valence-electron chi connectivity index (χ3n) is 4.50. The second-order valence-electron chi connectivity index (χ2n) is 5.74. The molecule has 1 aliphatic carbocycles.